The molecule has 3 nitrogen and oxygen atoms in total. The monoisotopic (exact) mass is 257 g/mol. The number of nitrogens with one attached hydrogen (secondary N) is 1. The molecule has 0 aliphatic carbocycles. The molecule has 0 amide bonds. The van der Waals surface area contributed by atoms with Crippen molar-refractivity contribution in [2.75, 3.05) is 0 Å². The molecule has 2 atom stereocenters. The van der Waals surface area contributed by atoms with Crippen molar-refractivity contribution in [2.45, 2.75) is 48.2 Å². The zero-order valence-electron chi connectivity index (χ0n) is 9.00. The van der Waals surface area contributed by atoms with Crippen LogP contribution in [-0.4, -0.2) is 27.3 Å². The van der Waals surface area contributed by atoms with Crippen LogP contribution in [0.1, 0.15) is 25.7 Å². The van der Waals surface area contributed by atoms with Crippen molar-refractivity contribution in [1.29, 1.82) is 0 Å². The van der Waals surface area contributed by atoms with Gasteiger partial charge < -0.3 is 5.32 Å². The smallest absolute Gasteiger partial charge is 0.187 e. The van der Waals surface area contributed by atoms with Gasteiger partial charge in [0.1, 0.15) is 0 Å². The Hall–Kier alpha value is -0.320. The highest BCUT2D eigenvalue weighted by atomic mass is 35.5. The van der Waals surface area contributed by atoms with E-state index in [-0.39, 0.29) is 12.4 Å². The molecule has 3 rings (SSSR count). The zero-order chi connectivity index (χ0) is 10.1. The Morgan fingerprint density at radius 3 is 2.38 bits per heavy atom. The highest BCUT2D eigenvalue weighted by molar-refractivity contribution is 7.99. The number of fused-ring (bicyclic) bond motifs is 2. The topological polar surface area (TPSA) is 37.8 Å². The predicted octanol–water partition coefficient (Wildman–Crippen LogP) is 2.27. The lowest BCUT2D eigenvalue weighted by atomic mass is 10.1. The van der Waals surface area contributed by atoms with E-state index in [0.29, 0.717) is 5.25 Å². The normalized spacial score (nSPS) is 32.1. The highest BCUT2D eigenvalue weighted by Gasteiger charge is 2.34. The van der Waals surface area contributed by atoms with Crippen molar-refractivity contribution in [3.63, 3.8) is 0 Å². The van der Waals surface area contributed by atoms with Gasteiger partial charge in [0.05, 0.1) is 0 Å². The number of aromatic nitrogens is 2. The maximum absolute atomic E-state index is 4.27. The van der Waals surface area contributed by atoms with Crippen LogP contribution in [0.25, 0.3) is 0 Å². The van der Waals surface area contributed by atoms with Crippen LogP contribution >= 0.6 is 24.2 Å². The summed E-state index contributed by atoms with van der Waals surface area (Å²) in [6.45, 7) is 0. The van der Waals surface area contributed by atoms with E-state index in [9.17, 15) is 0 Å². The predicted molar refractivity (Wildman–Crippen MR) is 68.1 cm³/mol. The zero-order valence-corrected chi connectivity index (χ0v) is 10.6. The summed E-state index contributed by atoms with van der Waals surface area (Å²) in [5, 5.41) is 5.30. The van der Waals surface area contributed by atoms with E-state index < -0.39 is 0 Å². The molecule has 0 saturated carbocycles. The summed E-state index contributed by atoms with van der Waals surface area (Å²) in [7, 11) is 0. The molecule has 1 aromatic heterocycles. The van der Waals surface area contributed by atoms with Crippen LogP contribution in [0.5, 0.6) is 0 Å². The molecule has 2 bridgehead atoms. The molecule has 1 aromatic rings. The fraction of sp³-hybridized carbons (Fsp3) is 0.636. The summed E-state index contributed by atoms with van der Waals surface area (Å²) in [5.41, 5.74) is 0. The minimum atomic E-state index is 0. The van der Waals surface area contributed by atoms with Crippen LogP contribution in [0.4, 0.5) is 0 Å². The molecular formula is C11H16ClN3S. The van der Waals surface area contributed by atoms with E-state index in [1.165, 1.54) is 25.7 Å². The second-order valence-corrected chi connectivity index (χ2v) is 5.65. The van der Waals surface area contributed by atoms with Crippen LogP contribution in [0.3, 0.4) is 0 Å². The minimum Gasteiger partial charge on any atom is -0.311 e. The third-order valence-corrected chi connectivity index (χ3v) is 4.38. The van der Waals surface area contributed by atoms with Crippen LogP contribution < -0.4 is 5.32 Å². The first-order valence-corrected chi connectivity index (χ1v) is 6.48. The maximum Gasteiger partial charge on any atom is 0.187 e. The van der Waals surface area contributed by atoms with Gasteiger partial charge in [-0.1, -0.05) is 11.8 Å². The lowest BCUT2D eigenvalue weighted by Crippen LogP contribution is -2.39. The number of thioether (sulfide) groups is 1. The van der Waals surface area contributed by atoms with Gasteiger partial charge in [-0.3, -0.25) is 0 Å². The number of nitrogens with zero attached hydrogens (tertiary/aromatic N) is 2. The van der Waals surface area contributed by atoms with Crippen LogP contribution in [0.15, 0.2) is 23.6 Å². The second-order valence-electron chi connectivity index (χ2n) is 4.38. The third kappa shape index (κ3) is 2.67. The Kier molecular flexibility index (Phi) is 4.05. The van der Waals surface area contributed by atoms with E-state index in [4.69, 9.17) is 0 Å². The molecule has 16 heavy (non-hydrogen) atoms. The van der Waals surface area contributed by atoms with E-state index in [1.54, 1.807) is 0 Å². The molecule has 0 radical (unpaired) electrons. The van der Waals surface area contributed by atoms with Crippen molar-refractivity contribution in [3.8, 4) is 0 Å². The van der Waals surface area contributed by atoms with E-state index in [2.05, 4.69) is 15.3 Å². The highest BCUT2D eigenvalue weighted by Crippen LogP contribution is 2.35. The van der Waals surface area contributed by atoms with Gasteiger partial charge in [-0.15, -0.1) is 12.4 Å². The Balaban J connectivity index is 0.000000963. The Labute approximate surface area is 106 Å². The van der Waals surface area contributed by atoms with Crippen molar-refractivity contribution < 1.29 is 0 Å². The van der Waals surface area contributed by atoms with Crippen molar-refractivity contribution in [1.82, 2.24) is 15.3 Å². The molecule has 0 aromatic carbocycles. The number of rotatable bonds is 2. The first kappa shape index (κ1) is 12.1. The maximum atomic E-state index is 4.27. The van der Waals surface area contributed by atoms with Crippen LogP contribution in [0, 0.1) is 0 Å². The molecule has 2 aliphatic heterocycles. The number of hydrogen-bond acceptors (Lipinski definition) is 4. The molecule has 3 heterocycles. The SMILES string of the molecule is Cl.c1cnc(SC2CC3CCC(C2)N3)nc1. The summed E-state index contributed by atoms with van der Waals surface area (Å²) >= 11 is 1.85. The number of hydrogen-bond donors (Lipinski definition) is 1. The van der Waals surface area contributed by atoms with Crippen LogP contribution in [0.2, 0.25) is 0 Å². The van der Waals surface area contributed by atoms with Crippen molar-refractivity contribution >= 4 is 24.2 Å². The summed E-state index contributed by atoms with van der Waals surface area (Å²) in [5.74, 6) is 0. The summed E-state index contributed by atoms with van der Waals surface area (Å²) < 4.78 is 0. The molecule has 2 aliphatic rings. The summed E-state index contributed by atoms with van der Waals surface area (Å²) in [6, 6.07) is 3.38. The van der Waals surface area contributed by atoms with E-state index in [0.717, 1.165) is 17.2 Å². The first-order valence-electron chi connectivity index (χ1n) is 5.60. The summed E-state index contributed by atoms with van der Waals surface area (Å²) in [4.78, 5) is 8.55. The van der Waals surface area contributed by atoms with Crippen molar-refractivity contribution in [3.05, 3.63) is 18.5 Å². The van der Waals surface area contributed by atoms with Gasteiger partial charge in [-0.05, 0) is 31.7 Å². The first-order chi connectivity index (χ1) is 7.40. The molecule has 0 spiro atoms. The lowest BCUT2D eigenvalue weighted by Gasteiger charge is -2.27. The second kappa shape index (κ2) is 5.34. The van der Waals surface area contributed by atoms with Gasteiger partial charge in [-0.25, -0.2) is 9.97 Å². The summed E-state index contributed by atoms with van der Waals surface area (Å²) in [6.07, 6.45) is 8.92. The molecule has 1 N–H and O–H groups in total. The standard InChI is InChI=1S/C11H15N3S.ClH/c1-4-12-11(13-5-1)15-10-6-8-2-3-9(7-10)14-8;/h1,4-5,8-10,14H,2-3,6-7H2;1H. The Morgan fingerprint density at radius 2 is 1.75 bits per heavy atom. The average molecular weight is 258 g/mol. The molecule has 5 heteroatoms. The van der Waals surface area contributed by atoms with Gasteiger partial charge in [0.2, 0.25) is 0 Å². The van der Waals surface area contributed by atoms with Gasteiger partial charge in [-0.2, -0.15) is 0 Å². The van der Waals surface area contributed by atoms with Gasteiger partial charge in [0, 0.05) is 29.7 Å². The largest absolute Gasteiger partial charge is 0.311 e. The lowest BCUT2D eigenvalue weighted by molar-refractivity contribution is 0.414. The Bertz CT molecular complexity index is 323. The fourth-order valence-corrected chi connectivity index (χ4v) is 3.80. The molecule has 2 fully saturated rings. The average Bonchev–Trinajstić information content (AvgIpc) is 2.60. The number of halogens is 1. The van der Waals surface area contributed by atoms with Gasteiger partial charge in [0.15, 0.2) is 5.16 Å². The van der Waals surface area contributed by atoms with Crippen LogP contribution in [-0.2, 0) is 0 Å². The van der Waals surface area contributed by atoms with E-state index >= 15 is 0 Å². The fourth-order valence-electron chi connectivity index (χ4n) is 2.60. The van der Waals surface area contributed by atoms with Gasteiger partial charge in [0.25, 0.3) is 0 Å². The van der Waals surface area contributed by atoms with Gasteiger partial charge >= 0.3 is 0 Å². The van der Waals surface area contributed by atoms with Crippen molar-refractivity contribution in [2.24, 2.45) is 0 Å². The quantitative estimate of drug-likeness (QED) is 0.825. The molecule has 2 saturated heterocycles. The molecular weight excluding hydrogens is 242 g/mol. The minimum absolute atomic E-state index is 0. The third-order valence-electron chi connectivity index (χ3n) is 3.24. The molecule has 2 unspecified atom stereocenters. The molecule has 88 valence electrons. The number of piperidine rings is 1. The Morgan fingerprint density at radius 1 is 1.12 bits per heavy atom. The van der Waals surface area contributed by atoms with E-state index in [1.807, 2.05) is 30.2 Å².